The van der Waals surface area contributed by atoms with Gasteiger partial charge in [-0.1, -0.05) is 63.3 Å². The van der Waals surface area contributed by atoms with Crippen molar-refractivity contribution in [2.24, 2.45) is 31.8 Å². The maximum absolute atomic E-state index is 14.0. The molecule has 2 unspecified atom stereocenters. The van der Waals surface area contributed by atoms with E-state index >= 15 is 0 Å². The summed E-state index contributed by atoms with van der Waals surface area (Å²) in [6.07, 6.45) is 13.1. The average molecular weight is 758 g/mol. The van der Waals surface area contributed by atoms with Gasteiger partial charge in [0.15, 0.2) is 0 Å². The molecule has 12 heteroatoms. The van der Waals surface area contributed by atoms with Crippen molar-refractivity contribution in [3.8, 4) is 0 Å². The molecule has 0 fully saturated rings. The molecule has 0 spiro atoms. The van der Waals surface area contributed by atoms with Crippen LogP contribution in [0, 0.1) is 11.8 Å². The van der Waals surface area contributed by atoms with Gasteiger partial charge < -0.3 is 25.8 Å². The molecule has 3 aliphatic rings. The topological polar surface area (TPSA) is 143 Å². The molecule has 3 N–H and O–H groups in total. The molecule has 0 saturated carbocycles. The number of rotatable bonds is 15. The van der Waals surface area contributed by atoms with E-state index in [0.29, 0.717) is 43.1 Å². The fourth-order valence-electron chi connectivity index (χ4n) is 6.50. The van der Waals surface area contributed by atoms with E-state index in [1.165, 1.54) is 4.90 Å². The maximum atomic E-state index is 14.0. The van der Waals surface area contributed by atoms with Crippen molar-refractivity contribution in [3.05, 3.63) is 113 Å². The molecule has 1 aliphatic carbocycles. The van der Waals surface area contributed by atoms with Crippen LogP contribution in [0.15, 0.2) is 116 Å². The number of carbonyl (C=O) groups is 3. The summed E-state index contributed by atoms with van der Waals surface area (Å²) in [5.41, 5.74) is 7.57. The van der Waals surface area contributed by atoms with Gasteiger partial charge in [0.1, 0.15) is 12.7 Å². The van der Waals surface area contributed by atoms with Crippen LogP contribution in [-0.4, -0.2) is 85.6 Å². The Morgan fingerprint density at radius 2 is 1.91 bits per heavy atom. The summed E-state index contributed by atoms with van der Waals surface area (Å²) in [4.78, 5) is 60.7. The Morgan fingerprint density at radius 1 is 1.12 bits per heavy atom. The number of carbonyl (C=O) groups excluding carboxylic acids is 3. The van der Waals surface area contributed by atoms with E-state index in [4.69, 9.17) is 4.99 Å². The van der Waals surface area contributed by atoms with Crippen LogP contribution in [0.2, 0.25) is 0 Å². The Balaban J connectivity index is 1.30. The van der Waals surface area contributed by atoms with Crippen LogP contribution < -0.4 is 20.9 Å². The quantitative estimate of drug-likeness (QED) is 0.0860. The SMILES string of the molecule is C=CCN1C(=O)[C@H](CC(C)C)N=C(c2ccccc2)c2ccc(C(=O)NC3C=C(NCC(C)C=NC(=NCN(C)C=O)NC4=CN=C(C)CC4)C(C)=CC3)cc21. The van der Waals surface area contributed by atoms with Crippen LogP contribution in [0.1, 0.15) is 81.8 Å². The smallest absolute Gasteiger partial charge is 0.252 e. The maximum Gasteiger partial charge on any atom is 0.252 e. The lowest BCUT2D eigenvalue weighted by Crippen LogP contribution is -2.39. The van der Waals surface area contributed by atoms with E-state index in [1.807, 2.05) is 68.6 Å². The molecule has 2 aromatic carbocycles. The minimum Gasteiger partial charge on any atom is -0.384 e. The molecule has 0 radical (unpaired) electrons. The standard InChI is InChI=1S/C44H55N9O3/c1-8-20-53-40-22-34(16-19-37(40)41(33-12-10-9-11-13-33)51-39(43(53)56)21-29(2)3)42(55)49-35-17-14-31(5)38(23-35)46-24-30(4)25-47-44(48-27-52(7)28-54)50-36-18-15-32(6)45-26-36/h8-14,16,19,22-23,25-26,28-30,35,39,46H,1,15,17-18,20-21,24,27H2,2-7H3,(H,48,50)(H,49,55)/t30?,35?,39-/m0/s1. The van der Waals surface area contributed by atoms with Crippen molar-refractivity contribution in [1.82, 2.24) is 20.9 Å². The fraction of sp³-hybridized carbons (Fsp3) is 0.386. The fourth-order valence-corrected chi connectivity index (χ4v) is 6.50. The van der Waals surface area contributed by atoms with E-state index < -0.39 is 6.04 Å². The van der Waals surface area contributed by atoms with Crippen LogP contribution in [0.5, 0.6) is 0 Å². The van der Waals surface area contributed by atoms with Gasteiger partial charge >= 0.3 is 0 Å². The van der Waals surface area contributed by atoms with Gasteiger partial charge in [0.2, 0.25) is 12.4 Å². The summed E-state index contributed by atoms with van der Waals surface area (Å²) in [5.74, 6) is 0.362. The van der Waals surface area contributed by atoms with Crippen molar-refractivity contribution < 1.29 is 14.4 Å². The number of hydrogen-bond acceptors (Lipinski definition) is 7. The van der Waals surface area contributed by atoms with Gasteiger partial charge in [-0.15, -0.1) is 6.58 Å². The first-order chi connectivity index (χ1) is 26.9. The molecule has 0 saturated heterocycles. The highest BCUT2D eigenvalue weighted by Crippen LogP contribution is 2.32. The lowest BCUT2D eigenvalue weighted by molar-refractivity contribution is -0.120. The molecular formula is C44H55N9O3. The third-order valence-corrected chi connectivity index (χ3v) is 9.64. The Labute approximate surface area is 331 Å². The second-order valence-electron chi connectivity index (χ2n) is 15.0. The minimum atomic E-state index is -0.557. The predicted octanol–water partition coefficient (Wildman–Crippen LogP) is 6.19. The second kappa shape index (κ2) is 19.6. The van der Waals surface area contributed by atoms with Gasteiger partial charge in [-0.25, -0.2) is 9.98 Å². The van der Waals surface area contributed by atoms with Crippen LogP contribution in [0.3, 0.4) is 0 Å². The molecule has 2 heterocycles. The first-order valence-electron chi connectivity index (χ1n) is 19.3. The molecule has 56 heavy (non-hydrogen) atoms. The van der Waals surface area contributed by atoms with Crippen LogP contribution in [0.25, 0.3) is 0 Å². The number of nitrogens with one attached hydrogen (secondary N) is 3. The Morgan fingerprint density at radius 3 is 2.61 bits per heavy atom. The third-order valence-electron chi connectivity index (χ3n) is 9.64. The summed E-state index contributed by atoms with van der Waals surface area (Å²) < 4.78 is 0. The zero-order chi connectivity index (χ0) is 40.2. The largest absolute Gasteiger partial charge is 0.384 e. The number of nitrogens with zero attached hydrogens (tertiary/aromatic N) is 6. The van der Waals surface area contributed by atoms with E-state index in [2.05, 4.69) is 64.4 Å². The Bertz CT molecular complexity index is 1990. The Kier molecular flexibility index (Phi) is 14.4. The normalized spacial score (nSPS) is 19.1. The lowest BCUT2D eigenvalue weighted by atomic mass is 9.97. The Hall–Kier alpha value is -5.91. The molecule has 3 atom stereocenters. The summed E-state index contributed by atoms with van der Waals surface area (Å²) in [6, 6.07) is 14.6. The molecule has 12 nitrogen and oxygen atoms in total. The highest BCUT2D eigenvalue weighted by atomic mass is 16.2. The number of anilines is 1. The highest BCUT2D eigenvalue weighted by molar-refractivity contribution is 6.20. The van der Waals surface area contributed by atoms with E-state index in [-0.39, 0.29) is 36.4 Å². The summed E-state index contributed by atoms with van der Waals surface area (Å²) in [6.45, 7) is 15.3. The van der Waals surface area contributed by atoms with E-state index in [1.54, 1.807) is 30.3 Å². The van der Waals surface area contributed by atoms with Gasteiger partial charge in [0.05, 0.1) is 17.4 Å². The summed E-state index contributed by atoms with van der Waals surface area (Å²) in [7, 11) is 1.66. The van der Waals surface area contributed by atoms with Crippen LogP contribution >= 0.6 is 0 Å². The molecule has 294 valence electrons. The van der Waals surface area contributed by atoms with Crippen LogP contribution in [-0.2, 0) is 9.59 Å². The number of aliphatic imine (C=N–C) groups is 4. The predicted molar refractivity (Wildman–Crippen MR) is 227 cm³/mol. The number of fused-ring (bicyclic) bond motifs is 1. The van der Waals surface area contributed by atoms with Gasteiger partial charge in [0, 0.05) is 72.3 Å². The van der Waals surface area contributed by atoms with Gasteiger partial charge in [-0.3, -0.25) is 24.4 Å². The van der Waals surface area contributed by atoms with E-state index in [9.17, 15) is 14.4 Å². The number of allylic oxidation sites excluding steroid dienone is 2. The molecule has 2 aliphatic heterocycles. The zero-order valence-electron chi connectivity index (χ0n) is 33.5. The number of benzene rings is 2. The van der Waals surface area contributed by atoms with Gasteiger partial charge in [-0.05, 0) is 75.3 Å². The van der Waals surface area contributed by atoms with E-state index in [0.717, 1.165) is 58.8 Å². The molecule has 0 aromatic heterocycles. The first-order valence-corrected chi connectivity index (χ1v) is 19.3. The van der Waals surface area contributed by atoms with Gasteiger partial charge in [-0.2, -0.15) is 0 Å². The monoisotopic (exact) mass is 757 g/mol. The second-order valence-corrected chi connectivity index (χ2v) is 15.0. The molecule has 5 rings (SSSR count). The third kappa shape index (κ3) is 11.1. The van der Waals surface area contributed by atoms with Crippen molar-refractivity contribution in [2.45, 2.75) is 72.4 Å². The molecule has 2 aromatic rings. The number of amides is 3. The average Bonchev–Trinajstić information content (AvgIpc) is 3.30. The van der Waals surface area contributed by atoms with Crippen molar-refractivity contribution in [1.29, 1.82) is 0 Å². The number of guanidine groups is 1. The number of hydrogen-bond donors (Lipinski definition) is 3. The highest BCUT2D eigenvalue weighted by Gasteiger charge is 2.32. The minimum absolute atomic E-state index is 0.0281. The summed E-state index contributed by atoms with van der Waals surface area (Å²) >= 11 is 0. The van der Waals surface area contributed by atoms with Crippen molar-refractivity contribution in [2.75, 3.05) is 31.7 Å². The molecular weight excluding hydrogens is 703 g/mol. The summed E-state index contributed by atoms with van der Waals surface area (Å²) in [5, 5.41) is 9.99. The lowest BCUT2D eigenvalue weighted by Gasteiger charge is -2.26. The molecule has 0 bridgehead atoms. The number of benzodiazepines with no additional fused rings is 1. The van der Waals surface area contributed by atoms with Gasteiger partial charge in [0.25, 0.3) is 11.8 Å². The van der Waals surface area contributed by atoms with Crippen molar-refractivity contribution >= 4 is 47.5 Å². The molecule has 3 amide bonds. The van der Waals surface area contributed by atoms with Crippen LogP contribution in [0.4, 0.5) is 5.69 Å². The van der Waals surface area contributed by atoms with Crippen molar-refractivity contribution in [3.63, 3.8) is 0 Å². The first kappa shape index (κ1) is 41.3. The zero-order valence-corrected chi connectivity index (χ0v) is 33.5.